The van der Waals surface area contributed by atoms with E-state index in [9.17, 15) is 4.79 Å². The highest BCUT2D eigenvalue weighted by molar-refractivity contribution is 5.68. The van der Waals surface area contributed by atoms with Crippen LogP contribution < -0.4 is 10.1 Å². The van der Waals surface area contributed by atoms with Crippen LogP contribution in [0.1, 0.15) is 50.8 Å². The molecule has 5 heteroatoms. The number of ether oxygens (including phenoxy) is 2. The molecule has 1 fully saturated rings. The maximum atomic E-state index is 12.6. The number of amides is 1. The lowest BCUT2D eigenvalue weighted by molar-refractivity contribution is 0.0126. The van der Waals surface area contributed by atoms with E-state index in [2.05, 4.69) is 41.7 Å². The zero-order valence-corrected chi connectivity index (χ0v) is 17.5. The summed E-state index contributed by atoms with van der Waals surface area (Å²) in [4.78, 5) is 14.3. The molecule has 2 aliphatic rings. The molecule has 0 radical (unpaired) electrons. The molecular formula is C24H30N2O3. The Bertz CT molecular complexity index is 862. The average Bonchev–Trinajstić information content (AvgIpc) is 3.09. The number of carbonyl (C=O) groups excluding carboxylic acids is 1. The number of likely N-dealkylation sites (tertiary alicyclic amines) is 1. The number of hydrogen-bond acceptors (Lipinski definition) is 4. The van der Waals surface area contributed by atoms with Crippen molar-refractivity contribution in [3.05, 3.63) is 65.7 Å². The zero-order valence-electron chi connectivity index (χ0n) is 17.5. The van der Waals surface area contributed by atoms with E-state index in [1.165, 1.54) is 11.1 Å². The van der Waals surface area contributed by atoms with E-state index in [0.29, 0.717) is 13.1 Å². The van der Waals surface area contributed by atoms with Crippen molar-refractivity contribution in [2.45, 2.75) is 57.4 Å². The molecule has 5 nitrogen and oxygen atoms in total. The van der Waals surface area contributed by atoms with Crippen molar-refractivity contribution in [1.29, 1.82) is 0 Å². The molecule has 0 saturated carbocycles. The third-order valence-corrected chi connectivity index (χ3v) is 5.56. The lowest BCUT2D eigenvalue weighted by Crippen LogP contribution is -2.47. The van der Waals surface area contributed by atoms with Gasteiger partial charge in [0.1, 0.15) is 17.0 Å². The quantitative estimate of drug-likeness (QED) is 0.821. The highest BCUT2D eigenvalue weighted by atomic mass is 16.6. The van der Waals surface area contributed by atoms with Gasteiger partial charge in [0.05, 0.1) is 6.54 Å². The Morgan fingerprint density at radius 1 is 1.17 bits per heavy atom. The summed E-state index contributed by atoms with van der Waals surface area (Å²) in [5.74, 6) is 0.912. The van der Waals surface area contributed by atoms with Gasteiger partial charge in [0.15, 0.2) is 0 Å². The molecule has 2 heterocycles. The molecule has 1 spiro atoms. The molecule has 4 rings (SSSR count). The molecule has 2 aliphatic heterocycles. The SMILES string of the molecule is CC(C)(C)OC(=O)N1CC[C@@]2(C[C@@H](NCc3ccccc3)c3ccccc3O2)C1. The topological polar surface area (TPSA) is 50.8 Å². The number of fused-ring (bicyclic) bond motifs is 1. The third-order valence-electron chi connectivity index (χ3n) is 5.56. The number of para-hydroxylation sites is 1. The lowest BCUT2D eigenvalue weighted by atomic mass is 9.86. The highest BCUT2D eigenvalue weighted by Crippen LogP contribution is 2.44. The fourth-order valence-corrected chi connectivity index (χ4v) is 4.21. The fraction of sp³-hybridized carbons (Fsp3) is 0.458. The van der Waals surface area contributed by atoms with Gasteiger partial charge in [-0.3, -0.25) is 0 Å². The van der Waals surface area contributed by atoms with E-state index >= 15 is 0 Å². The molecule has 1 saturated heterocycles. The Morgan fingerprint density at radius 3 is 2.66 bits per heavy atom. The van der Waals surface area contributed by atoms with Crippen LogP contribution >= 0.6 is 0 Å². The Labute approximate surface area is 173 Å². The largest absolute Gasteiger partial charge is 0.485 e. The standard InChI is InChI=1S/C24H30N2O3/c1-23(2,3)29-22(27)26-14-13-24(17-26)15-20(19-11-7-8-12-21(19)28-24)25-16-18-9-5-4-6-10-18/h4-12,20,25H,13-17H2,1-3H3/t20-,24-/m1/s1. The minimum Gasteiger partial charge on any atom is -0.485 e. The van der Waals surface area contributed by atoms with Crippen molar-refractivity contribution in [2.24, 2.45) is 0 Å². The molecule has 0 unspecified atom stereocenters. The van der Waals surface area contributed by atoms with Crippen LogP contribution in [-0.4, -0.2) is 35.3 Å². The second kappa shape index (κ2) is 7.71. The molecular weight excluding hydrogens is 364 g/mol. The normalized spacial score (nSPS) is 23.6. The summed E-state index contributed by atoms with van der Waals surface area (Å²) in [7, 11) is 0. The van der Waals surface area contributed by atoms with Gasteiger partial charge in [-0.1, -0.05) is 48.5 Å². The van der Waals surface area contributed by atoms with Gasteiger partial charge in [0.25, 0.3) is 0 Å². The molecule has 0 aliphatic carbocycles. The van der Waals surface area contributed by atoms with Gasteiger partial charge in [0.2, 0.25) is 0 Å². The van der Waals surface area contributed by atoms with E-state index in [1.807, 2.05) is 39.0 Å². The Hall–Kier alpha value is -2.53. The molecule has 2 aromatic carbocycles. The smallest absolute Gasteiger partial charge is 0.410 e. The summed E-state index contributed by atoms with van der Waals surface area (Å²) in [5.41, 5.74) is 1.57. The molecule has 2 aromatic rings. The van der Waals surface area contributed by atoms with E-state index < -0.39 is 5.60 Å². The van der Waals surface area contributed by atoms with Crippen LogP contribution in [0.25, 0.3) is 0 Å². The monoisotopic (exact) mass is 394 g/mol. The molecule has 0 bridgehead atoms. The summed E-state index contributed by atoms with van der Waals surface area (Å²) >= 11 is 0. The number of carbonyl (C=O) groups is 1. The van der Waals surface area contributed by atoms with Crippen molar-refractivity contribution >= 4 is 6.09 Å². The Balaban J connectivity index is 1.50. The van der Waals surface area contributed by atoms with Crippen molar-refractivity contribution in [3.63, 3.8) is 0 Å². The number of hydrogen-bond donors (Lipinski definition) is 1. The van der Waals surface area contributed by atoms with E-state index in [4.69, 9.17) is 9.47 Å². The van der Waals surface area contributed by atoms with Gasteiger partial charge in [-0.25, -0.2) is 4.79 Å². The van der Waals surface area contributed by atoms with Gasteiger partial charge < -0.3 is 19.7 Å². The summed E-state index contributed by atoms with van der Waals surface area (Å²) in [5, 5.41) is 3.71. The first-order valence-corrected chi connectivity index (χ1v) is 10.4. The predicted octanol–water partition coefficient (Wildman–Crippen LogP) is 4.68. The van der Waals surface area contributed by atoms with Crippen LogP contribution in [-0.2, 0) is 11.3 Å². The first-order chi connectivity index (χ1) is 13.8. The minimum atomic E-state index is -0.493. The highest BCUT2D eigenvalue weighted by Gasteiger charge is 2.47. The van der Waals surface area contributed by atoms with E-state index in [1.54, 1.807) is 4.90 Å². The Kier molecular flexibility index (Phi) is 5.26. The number of benzene rings is 2. The summed E-state index contributed by atoms with van der Waals surface area (Å²) in [6, 6.07) is 18.8. The first kappa shape index (κ1) is 19.8. The molecule has 0 aromatic heterocycles. The second-order valence-electron chi connectivity index (χ2n) is 9.10. The van der Waals surface area contributed by atoms with Crippen LogP contribution in [0.5, 0.6) is 5.75 Å². The van der Waals surface area contributed by atoms with Crippen LogP contribution in [0.2, 0.25) is 0 Å². The maximum absolute atomic E-state index is 12.6. The first-order valence-electron chi connectivity index (χ1n) is 10.4. The lowest BCUT2D eigenvalue weighted by Gasteiger charge is -2.40. The third kappa shape index (κ3) is 4.56. The van der Waals surface area contributed by atoms with E-state index in [0.717, 1.165) is 25.1 Å². The predicted molar refractivity (Wildman–Crippen MR) is 113 cm³/mol. The van der Waals surface area contributed by atoms with Gasteiger partial charge >= 0.3 is 6.09 Å². The molecule has 1 N–H and O–H groups in total. The van der Waals surface area contributed by atoms with Crippen LogP contribution in [0.3, 0.4) is 0 Å². The second-order valence-corrected chi connectivity index (χ2v) is 9.10. The van der Waals surface area contributed by atoms with Gasteiger partial charge in [0, 0.05) is 37.5 Å². The van der Waals surface area contributed by atoms with Crippen molar-refractivity contribution in [3.8, 4) is 5.75 Å². The summed E-state index contributed by atoms with van der Waals surface area (Å²) in [6.45, 7) is 7.70. The van der Waals surface area contributed by atoms with Gasteiger partial charge in [-0.05, 0) is 32.4 Å². The van der Waals surface area contributed by atoms with Crippen LogP contribution in [0.15, 0.2) is 54.6 Å². The maximum Gasteiger partial charge on any atom is 0.410 e. The molecule has 2 atom stereocenters. The zero-order chi connectivity index (χ0) is 20.5. The Morgan fingerprint density at radius 2 is 1.90 bits per heavy atom. The minimum absolute atomic E-state index is 0.179. The van der Waals surface area contributed by atoms with Crippen LogP contribution in [0, 0.1) is 0 Å². The number of nitrogens with one attached hydrogen (secondary N) is 1. The number of nitrogens with zero attached hydrogens (tertiary/aromatic N) is 1. The number of rotatable bonds is 3. The van der Waals surface area contributed by atoms with E-state index in [-0.39, 0.29) is 17.7 Å². The molecule has 154 valence electrons. The molecule has 1 amide bonds. The van der Waals surface area contributed by atoms with Crippen molar-refractivity contribution < 1.29 is 14.3 Å². The van der Waals surface area contributed by atoms with Gasteiger partial charge in [-0.2, -0.15) is 0 Å². The molecule has 29 heavy (non-hydrogen) atoms. The fourth-order valence-electron chi connectivity index (χ4n) is 4.21. The summed E-state index contributed by atoms with van der Waals surface area (Å²) in [6.07, 6.45) is 1.38. The van der Waals surface area contributed by atoms with Crippen molar-refractivity contribution in [2.75, 3.05) is 13.1 Å². The average molecular weight is 395 g/mol. The van der Waals surface area contributed by atoms with Gasteiger partial charge in [-0.15, -0.1) is 0 Å². The van der Waals surface area contributed by atoms with Crippen LogP contribution in [0.4, 0.5) is 4.79 Å². The summed E-state index contributed by atoms with van der Waals surface area (Å²) < 4.78 is 12.1. The van der Waals surface area contributed by atoms with Crippen molar-refractivity contribution in [1.82, 2.24) is 10.2 Å².